The third-order valence-electron chi connectivity index (χ3n) is 2.07. The Kier molecular flexibility index (Phi) is 1.32. The molecule has 3 heteroatoms. The van der Waals surface area contributed by atoms with Crippen LogP contribution in [0.1, 0.15) is 5.69 Å². The lowest BCUT2D eigenvalue weighted by molar-refractivity contribution is 0.184. The standard InChI is InChI=1S/C8H10N2O/c1-10-7-3-2-4-9-6(7)5-8(10)11/h2-4,8,11H,5H2,1H3. The molecule has 1 N–H and O–H groups in total. The second-order valence-corrected chi connectivity index (χ2v) is 2.76. The number of anilines is 1. The number of likely N-dealkylation sites (N-methyl/N-ethyl adjacent to an activating group) is 1. The van der Waals surface area contributed by atoms with Crippen LogP contribution in [0.25, 0.3) is 0 Å². The second-order valence-electron chi connectivity index (χ2n) is 2.76. The first kappa shape index (κ1) is 6.61. The molecule has 2 rings (SSSR count). The van der Waals surface area contributed by atoms with E-state index in [-0.39, 0.29) is 6.23 Å². The molecule has 0 bridgehead atoms. The topological polar surface area (TPSA) is 36.4 Å². The van der Waals surface area contributed by atoms with Crippen molar-refractivity contribution in [1.29, 1.82) is 0 Å². The van der Waals surface area contributed by atoms with Gasteiger partial charge in [0, 0.05) is 19.7 Å². The van der Waals surface area contributed by atoms with Crippen molar-refractivity contribution in [2.75, 3.05) is 11.9 Å². The van der Waals surface area contributed by atoms with Gasteiger partial charge in [-0.25, -0.2) is 0 Å². The Morgan fingerprint density at radius 1 is 1.73 bits per heavy atom. The molecule has 58 valence electrons. The smallest absolute Gasteiger partial charge is 0.132 e. The van der Waals surface area contributed by atoms with E-state index in [9.17, 15) is 5.11 Å². The van der Waals surface area contributed by atoms with Crippen molar-refractivity contribution >= 4 is 5.69 Å². The van der Waals surface area contributed by atoms with Gasteiger partial charge in [-0.2, -0.15) is 0 Å². The van der Waals surface area contributed by atoms with E-state index < -0.39 is 0 Å². The maximum Gasteiger partial charge on any atom is 0.132 e. The Morgan fingerprint density at radius 3 is 3.27 bits per heavy atom. The lowest BCUT2D eigenvalue weighted by Crippen LogP contribution is -2.26. The highest BCUT2D eigenvalue weighted by atomic mass is 16.3. The minimum atomic E-state index is -0.389. The van der Waals surface area contributed by atoms with E-state index in [1.165, 1.54) is 0 Å². The van der Waals surface area contributed by atoms with Crippen molar-refractivity contribution in [3.63, 3.8) is 0 Å². The number of hydrogen-bond acceptors (Lipinski definition) is 3. The largest absolute Gasteiger partial charge is 0.373 e. The van der Waals surface area contributed by atoms with Crippen molar-refractivity contribution in [3.8, 4) is 0 Å². The highest BCUT2D eigenvalue weighted by molar-refractivity contribution is 5.54. The summed E-state index contributed by atoms with van der Waals surface area (Å²) < 4.78 is 0. The first-order valence-electron chi connectivity index (χ1n) is 3.64. The summed E-state index contributed by atoms with van der Waals surface area (Å²) in [5.41, 5.74) is 2.03. The molecule has 1 aliphatic heterocycles. The fraction of sp³-hybridized carbons (Fsp3) is 0.375. The maximum absolute atomic E-state index is 9.41. The number of rotatable bonds is 0. The number of aromatic nitrogens is 1. The summed E-state index contributed by atoms with van der Waals surface area (Å²) >= 11 is 0. The predicted molar refractivity (Wildman–Crippen MR) is 42.4 cm³/mol. The average molecular weight is 150 g/mol. The fourth-order valence-corrected chi connectivity index (χ4v) is 1.38. The number of fused-ring (bicyclic) bond motifs is 1. The third-order valence-corrected chi connectivity index (χ3v) is 2.07. The highest BCUT2D eigenvalue weighted by Crippen LogP contribution is 2.26. The molecule has 0 amide bonds. The molecule has 1 aromatic rings. The van der Waals surface area contributed by atoms with Crippen LogP contribution < -0.4 is 4.90 Å². The molecule has 0 radical (unpaired) electrons. The van der Waals surface area contributed by atoms with E-state index >= 15 is 0 Å². The molecule has 0 aliphatic carbocycles. The van der Waals surface area contributed by atoms with Crippen LogP contribution in [0.2, 0.25) is 0 Å². The zero-order valence-electron chi connectivity index (χ0n) is 6.36. The van der Waals surface area contributed by atoms with Gasteiger partial charge >= 0.3 is 0 Å². The van der Waals surface area contributed by atoms with E-state index in [0.717, 1.165) is 11.4 Å². The first-order chi connectivity index (χ1) is 5.29. The SMILES string of the molecule is CN1c2cccnc2CC1O. The monoisotopic (exact) mass is 150 g/mol. The summed E-state index contributed by atoms with van der Waals surface area (Å²) in [7, 11) is 1.87. The average Bonchev–Trinajstić information content (AvgIpc) is 2.30. The van der Waals surface area contributed by atoms with Crippen LogP contribution in [0.4, 0.5) is 5.69 Å². The van der Waals surface area contributed by atoms with Crippen LogP contribution in [0.3, 0.4) is 0 Å². The van der Waals surface area contributed by atoms with Gasteiger partial charge < -0.3 is 10.0 Å². The Bertz CT molecular complexity index is 275. The number of aliphatic hydroxyl groups excluding tert-OH is 1. The second kappa shape index (κ2) is 2.20. The molecule has 1 aliphatic rings. The van der Waals surface area contributed by atoms with Crippen molar-refractivity contribution in [3.05, 3.63) is 24.0 Å². The Hall–Kier alpha value is -1.09. The molecule has 0 aromatic carbocycles. The van der Waals surface area contributed by atoms with E-state index in [2.05, 4.69) is 4.98 Å². The third kappa shape index (κ3) is 0.886. The van der Waals surface area contributed by atoms with Crippen molar-refractivity contribution < 1.29 is 5.11 Å². The minimum Gasteiger partial charge on any atom is -0.373 e. The van der Waals surface area contributed by atoms with Gasteiger partial charge in [-0.05, 0) is 12.1 Å². The van der Waals surface area contributed by atoms with Gasteiger partial charge in [0.2, 0.25) is 0 Å². The van der Waals surface area contributed by atoms with Crippen LogP contribution in [0.15, 0.2) is 18.3 Å². The first-order valence-corrected chi connectivity index (χ1v) is 3.64. The normalized spacial score (nSPS) is 22.0. The Morgan fingerprint density at radius 2 is 2.55 bits per heavy atom. The number of hydrogen-bond donors (Lipinski definition) is 1. The molecule has 1 aromatic heterocycles. The van der Waals surface area contributed by atoms with Gasteiger partial charge in [-0.3, -0.25) is 4.98 Å². The molecule has 0 fully saturated rings. The lowest BCUT2D eigenvalue weighted by Gasteiger charge is -2.15. The minimum absolute atomic E-state index is 0.389. The Labute approximate surface area is 65.3 Å². The van der Waals surface area contributed by atoms with Crippen LogP contribution in [-0.4, -0.2) is 23.4 Å². The van der Waals surface area contributed by atoms with Crippen molar-refractivity contribution in [2.45, 2.75) is 12.6 Å². The van der Waals surface area contributed by atoms with E-state index in [1.807, 2.05) is 24.1 Å². The van der Waals surface area contributed by atoms with Gasteiger partial charge in [-0.1, -0.05) is 0 Å². The molecule has 1 atom stereocenters. The number of pyridine rings is 1. The molecule has 0 saturated carbocycles. The quantitative estimate of drug-likeness (QED) is 0.581. The van der Waals surface area contributed by atoms with Gasteiger partial charge in [0.15, 0.2) is 0 Å². The van der Waals surface area contributed by atoms with Crippen LogP contribution in [-0.2, 0) is 6.42 Å². The van der Waals surface area contributed by atoms with Gasteiger partial charge in [-0.15, -0.1) is 0 Å². The number of aliphatic hydroxyl groups is 1. The fourth-order valence-electron chi connectivity index (χ4n) is 1.38. The Balaban J connectivity index is 2.47. The van der Waals surface area contributed by atoms with Gasteiger partial charge in [0.25, 0.3) is 0 Å². The van der Waals surface area contributed by atoms with Crippen LogP contribution in [0, 0.1) is 0 Å². The van der Waals surface area contributed by atoms with Gasteiger partial charge in [0.1, 0.15) is 6.23 Å². The summed E-state index contributed by atoms with van der Waals surface area (Å²) in [6, 6.07) is 3.85. The van der Waals surface area contributed by atoms with E-state index in [4.69, 9.17) is 0 Å². The summed E-state index contributed by atoms with van der Waals surface area (Å²) in [5, 5.41) is 9.41. The van der Waals surface area contributed by atoms with Gasteiger partial charge in [0.05, 0.1) is 11.4 Å². The molecule has 0 saturated heterocycles. The van der Waals surface area contributed by atoms with Crippen LogP contribution in [0.5, 0.6) is 0 Å². The summed E-state index contributed by atoms with van der Waals surface area (Å²) in [6.45, 7) is 0. The summed E-state index contributed by atoms with van der Waals surface area (Å²) in [4.78, 5) is 5.99. The van der Waals surface area contributed by atoms with E-state index in [1.54, 1.807) is 6.20 Å². The molecular weight excluding hydrogens is 140 g/mol. The molecule has 3 nitrogen and oxygen atoms in total. The van der Waals surface area contributed by atoms with Crippen molar-refractivity contribution in [2.24, 2.45) is 0 Å². The molecule has 1 unspecified atom stereocenters. The highest BCUT2D eigenvalue weighted by Gasteiger charge is 2.24. The van der Waals surface area contributed by atoms with Crippen molar-refractivity contribution in [1.82, 2.24) is 4.98 Å². The summed E-state index contributed by atoms with van der Waals surface area (Å²) in [5.74, 6) is 0. The zero-order valence-corrected chi connectivity index (χ0v) is 6.36. The molecule has 2 heterocycles. The lowest BCUT2D eigenvalue weighted by atomic mass is 10.3. The van der Waals surface area contributed by atoms with Crippen LogP contribution >= 0.6 is 0 Å². The molecular formula is C8H10N2O. The predicted octanol–water partition coefficient (Wildman–Crippen LogP) is 0.392. The number of nitrogens with zero attached hydrogens (tertiary/aromatic N) is 2. The molecule has 11 heavy (non-hydrogen) atoms. The van der Waals surface area contributed by atoms with E-state index in [0.29, 0.717) is 6.42 Å². The molecule has 0 spiro atoms. The zero-order chi connectivity index (χ0) is 7.84. The summed E-state index contributed by atoms with van der Waals surface area (Å²) in [6.07, 6.45) is 2.01. The maximum atomic E-state index is 9.41.